The molecule has 0 fully saturated rings. The molecule has 100 valence electrons. The van der Waals surface area contributed by atoms with Gasteiger partial charge in [0.15, 0.2) is 0 Å². The molecular weight excluding hydrogens is 242 g/mol. The molecule has 0 amide bonds. The van der Waals surface area contributed by atoms with Gasteiger partial charge in [-0.3, -0.25) is 0 Å². The van der Waals surface area contributed by atoms with Crippen LogP contribution in [-0.4, -0.2) is 21.1 Å². The largest absolute Gasteiger partial charge is 0.384 e. The van der Waals surface area contributed by atoms with Crippen LogP contribution in [0, 0.1) is 12.3 Å². The van der Waals surface area contributed by atoms with Gasteiger partial charge in [0.1, 0.15) is 11.6 Å². The molecule has 0 aliphatic rings. The molecule has 0 aromatic carbocycles. The summed E-state index contributed by atoms with van der Waals surface area (Å²) < 4.78 is 1.96. The fourth-order valence-electron chi connectivity index (χ4n) is 1.84. The minimum atomic E-state index is -0.0406. The van der Waals surface area contributed by atoms with Crippen LogP contribution < -0.4 is 5.73 Å². The topological polar surface area (TPSA) is 43.8 Å². The third kappa shape index (κ3) is 3.46. The maximum Gasteiger partial charge on any atom is 0.127 e. The van der Waals surface area contributed by atoms with Gasteiger partial charge in [-0.2, -0.15) is 11.8 Å². The van der Waals surface area contributed by atoms with Crippen LogP contribution in [0.3, 0.4) is 0 Å². The summed E-state index contributed by atoms with van der Waals surface area (Å²) in [4.78, 5) is 4.70. The fourth-order valence-corrected chi connectivity index (χ4v) is 2.46. The number of hydrogen-bond donors (Lipinski definition) is 1. The van der Waals surface area contributed by atoms with Crippen LogP contribution in [0.5, 0.6) is 0 Å². The number of nitrogens with two attached hydrogens (primary N) is 1. The Hall–Kier alpha value is -1.08. The first kappa shape index (κ1) is 15.0. The van der Waals surface area contributed by atoms with Crippen molar-refractivity contribution in [1.82, 2.24) is 9.55 Å². The predicted molar refractivity (Wildman–Crippen MR) is 80.9 cm³/mol. The number of thioether (sulfide) groups is 1. The van der Waals surface area contributed by atoms with Crippen molar-refractivity contribution in [1.29, 1.82) is 0 Å². The van der Waals surface area contributed by atoms with Gasteiger partial charge in [-0.05, 0) is 11.5 Å². The smallest absolute Gasteiger partial charge is 0.127 e. The van der Waals surface area contributed by atoms with Gasteiger partial charge in [-0.25, -0.2) is 4.98 Å². The zero-order chi connectivity index (χ0) is 13.8. The molecule has 0 aliphatic heterocycles. The van der Waals surface area contributed by atoms with Gasteiger partial charge in [-0.1, -0.05) is 33.6 Å². The molecule has 1 aromatic rings. The summed E-state index contributed by atoms with van der Waals surface area (Å²) in [6, 6.07) is 0. The Kier molecular flexibility index (Phi) is 5.15. The Morgan fingerprint density at radius 1 is 1.44 bits per heavy atom. The highest BCUT2D eigenvalue weighted by Crippen LogP contribution is 2.26. The van der Waals surface area contributed by atoms with Gasteiger partial charge in [0.2, 0.25) is 0 Å². The molecule has 0 bridgehead atoms. The zero-order valence-corrected chi connectivity index (χ0v) is 12.6. The highest BCUT2D eigenvalue weighted by molar-refractivity contribution is 7.99. The van der Waals surface area contributed by atoms with Crippen molar-refractivity contribution >= 4 is 17.6 Å². The van der Waals surface area contributed by atoms with Crippen LogP contribution in [0.1, 0.15) is 39.2 Å². The zero-order valence-electron chi connectivity index (χ0n) is 11.8. The minimum absolute atomic E-state index is 0.0406. The van der Waals surface area contributed by atoms with Gasteiger partial charge >= 0.3 is 0 Å². The molecule has 1 rings (SSSR count). The molecule has 0 unspecified atom stereocenters. The van der Waals surface area contributed by atoms with Crippen molar-refractivity contribution < 1.29 is 0 Å². The standard InChI is InChI=1S/C14H23N3S/c1-6-9-17-12(15)11(8-10-18-7-2)16-13(17)14(3,4)5/h1H,7-10,15H2,2-5H3. The van der Waals surface area contributed by atoms with Crippen molar-refractivity contribution in [3.8, 4) is 12.3 Å². The average molecular weight is 265 g/mol. The fraction of sp³-hybridized carbons (Fsp3) is 0.643. The van der Waals surface area contributed by atoms with Crippen LogP contribution in [0.15, 0.2) is 0 Å². The molecule has 0 saturated heterocycles. The lowest BCUT2D eigenvalue weighted by Crippen LogP contribution is -2.19. The van der Waals surface area contributed by atoms with Crippen LogP contribution in [0.2, 0.25) is 0 Å². The number of aryl methyl sites for hydroxylation is 1. The first-order valence-electron chi connectivity index (χ1n) is 6.28. The number of terminal acetylenes is 1. The molecule has 1 aromatic heterocycles. The number of nitrogen functional groups attached to an aromatic ring is 1. The van der Waals surface area contributed by atoms with E-state index in [9.17, 15) is 0 Å². The summed E-state index contributed by atoms with van der Waals surface area (Å²) in [5.74, 6) is 6.54. The maximum absolute atomic E-state index is 6.16. The maximum atomic E-state index is 6.16. The van der Waals surface area contributed by atoms with E-state index in [0.717, 1.165) is 35.3 Å². The molecule has 2 N–H and O–H groups in total. The second-order valence-electron chi connectivity index (χ2n) is 5.25. The van der Waals surface area contributed by atoms with E-state index in [0.29, 0.717) is 6.54 Å². The van der Waals surface area contributed by atoms with Crippen molar-refractivity contribution in [2.45, 2.75) is 46.1 Å². The molecule has 4 heteroatoms. The van der Waals surface area contributed by atoms with Gasteiger partial charge in [0, 0.05) is 11.8 Å². The minimum Gasteiger partial charge on any atom is -0.384 e. The van der Waals surface area contributed by atoms with Crippen molar-refractivity contribution in [2.75, 3.05) is 17.2 Å². The molecular formula is C14H23N3S. The Morgan fingerprint density at radius 3 is 2.61 bits per heavy atom. The number of aromatic nitrogens is 2. The van der Waals surface area contributed by atoms with Crippen molar-refractivity contribution in [3.05, 3.63) is 11.5 Å². The van der Waals surface area contributed by atoms with Crippen LogP contribution in [0.25, 0.3) is 0 Å². The Balaban J connectivity index is 3.04. The highest BCUT2D eigenvalue weighted by atomic mass is 32.2. The lowest BCUT2D eigenvalue weighted by molar-refractivity contribution is 0.516. The van der Waals surface area contributed by atoms with E-state index in [1.807, 2.05) is 16.3 Å². The van der Waals surface area contributed by atoms with E-state index in [-0.39, 0.29) is 5.41 Å². The third-order valence-corrected chi connectivity index (χ3v) is 3.59. The van der Waals surface area contributed by atoms with Crippen molar-refractivity contribution in [3.63, 3.8) is 0 Å². The summed E-state index contributed by atoms with van der Waals surface area (Å²) in [7, 11) is 0. The monoisotopic (exact) mass is 265 g/mol. The predicted octanol–water partition coefficient (Wildman–Crippen LogP) is 2.69. The highest BCUT2D eigenvalue weighted by Gasteiger charge is 2.24. The molecule has 0 atom stereocenters. The second-order valence-corrected chi connectivity index (χ2v) is 6.65. The van der Waals surface area contributed by atoms with E-state index in [1.165, 1.54) is 0 Å². The lowest BCUT2D eigenvalue weighted by atomic mass is 9.95. The molecule has 18 heavy (non-hydrogen) atoms. The Morgan fingerprint density at radius 2 is 2.11 bits per heavy atom. The van der Waals surface area contributed by atoms with Crippen LogP contribution >= 0.6 is 11.8 Å². The average Bonchev–Trinajstić information content (AvgIpc) is 2.58. The van der Waals surface area contributed by atoms with Crippen LogP contribution in [0.4, 0.5) is 5.82 Å². The number of hydrogen-bond acceptors (Lipinski definition) is 3. The van der Waals surface area contributed by atoms with Gasteiger partial charge < -0.3 is 10.3 Å². The number of nitrogens with zero attached hydrogens (tertiary/aromatic N) is 2. The van der Waals surface area contributed by atoms with Crippen LogP contribution in [-0.2, 0) is 18.4 Å². The number of imidazole rings is 1. The van der Waals surface area contributed by atoms with E-state index in [4.69, 9.17) is 17.1 Å². The SMILES string of the molecule is C#CCn1c(C(C)(C)C)nc(CCSCC)c1N. The second kappa shape index (κ2) is 6.19. The number of rotatable bonds is 5. The summed E-state index contributed by atoms with van der Waals surface area (Å²) in [6.45, 7) is 9.04. The van der Waals surface area contributed by atoms with E-state index in [2.05, 4.69) is 33.6 Å². The van der Waals surface area contributed by atoms with E-state index in [1.54, 1.807) is 0 Å². The first-order chi connectivity index (χ1) is 8.41. The summed E-state index contributed by atoms with van der Waals surface area (Å²) >= 11 is 1.90. The summed E-state index contributed by atoms with van der Waals surface area (Å²) in [5.41, 5.74) is 7.11. The van der Waals surface area contributed by atoms with Gasteiger partial charge in [0.25, 0.3) is 0 Å². The number of anilines is 1. The normalized spacial score (nSPS) is 11.5. The van der Waals surface area contributed by atoms with Gasteiger partial charge in [0.05, 0.1) is 12.2 Å². The molecule has 0 spiro atoms. The molecule has 0 radical (unpaired) electrons. The quantitative estimate of drug-likeness (QED) is 0.657. The third-order valence-electron chi connectivity index (χ3n) is 2.69. The lowest BCUT2D eigenvalue weighted by Gasteiger charge is -2.19. The Labute approximate surface area is 115 Å². The molecule has 3 nitrogen and oxygen atoms in total. The Bertz CT molecular complexity index is 435. The molecule has 1 heterocycles. The molecule has 0 saturated carbocycles. The molecule has 0 aliphatic carbocycles. The van der Waals surface area contributed by atoms with E-state index >= 15 is 0 Å². The van der Waals surface area contributed by atoms with E-state index < -0.39 is 0 Å². The van der Waals surface area contributed by atoms with Crippen molar-refractivity contribution in [2.24, 2.45) is 0 Å². The summed E-state index contributed by atoms with van der Waals surface area (Å²) in [6.07, 6.45) is 6.32. The van der Waals surface area contributed by atoms with Gasteiger partial charge in [-0.15, -0.1) is 6.42 Å². The first-order valence-corrected chi connectivity index (χ1v) is 7.43. The summed E-state index contributed by atoms with van der Waals surface area (Å²) in [5, 5.41) is 0.